The molecule has 3 aromatic rings. The molecule has 0 radical (unpaired) electrons. The molecule has 21 heavy (non-hydrogen) atoms. The van der Waals surface area contributed by atoms with Gasteiger partial charge in [0.05, 0.1) is 12.2 Å². The third-order valence-corrected chi connectivity index (χ3v) is 3.43. The van der Waals surface area contributed by atoms with Crippen LogP contribution in [0.4, 0.5) is 4.39 Å². The van der Waals surface area contributed by atoms with E-state index in [0.717, 1.165) is 5.56 Å². The molecule has 3 rings (SSSR count). The zero-order valence-corrected chi connectivity index (χ0v) is 11.6. The van der Waals surface area contributed by atoms with E-state index in [1.807, 2.05) is 0 Å². The van der Waals surface area contributed by atoms with Gasteiger partial charge >= 0.3 is 0 Å². The number of aliphatic hydroxyl groups is 1. The first-order valence-electron chi connectivity index (χ1n) is 6.31. The second kappa shape index (κ2) is 5.68. The summed E-state index contributed by atoms with van der Waals surface area (Å²) in [6.45, 7) is -0.300. The third-order valence-electron chi connectivity index (χ3n) is 3.18. The van der Waals surface area contributed by atoms with E-state index < -0.39 is 5.82 Å². The van der Waals surface area contributed by atoms with Crippen molar-refractivity contribution in [1.82, 2.24) is 5.16 Å². The lowest BCUT2D eigenvalue weighted by Gasteiger charge is -2.02. The molecule has 2 aromatic carbocycles. The van der Waals surface area contributed by atoms with Crippen LogP contribution in [0.2, 0.25) is 5.02 Å². The summed E-state index contributed by atoms with van der Waals surface area (Å²) >= 11 is 5.85. The molecule has 0 fully saturated rings. The van der Waals surface area contributed by atoms with Crippen molar-refractivity contribution in [2.24, 2.45) is 0 Å². The first-order chi connectivity index (χ1) is 10.2. The lowest BCUT2D eigenvalue weighted by molar-refractivity contribution is 0.281. The maximum atomic E-state index is 13.9. The van der Waals surface area contributed by atoms with Gasteiger partial charge in [-0.2, -0.15) is 0 Å². The number of halogens is 2. The quantitative estimate of drug-likeness (QED) is 0.785. The van der Waals surface area contributed by atoms with E-state index in [1.54, 1.807) is 42.5 Å². The molecule has 1 aromatic heterocycles. The minimum absolute atomic E-state index is 0.297. The Balaban J connectivity index is 2.13. The summed E-state index contributed by atoms with van der Waals surface area (Å²) < 4.78 is 19.2. The van der Waals surface area contributed by atoms with Crippen LogP contribution in [0.25, 0.3) is 22.6 Å². The van der Waals surface area contributed by atoms with E-state index in [4.69, 9.17) is 16.1 Å². The topological polar surface area (TPSA) is 46.3 Å². The molecule has 0 saturated heterocycles. The molecular formula is C16H11ClFNO2. The SMILES string of the molecule is OCc1c(-c2ccccc2F)noc1-c1ccc(Cl)cc1. The van der Waals surface area contributed by atoms with Crippen molar-refractivity contribution in [3.63, 3.8) is 0 Å². The molecule has 0 atom stereocenters. The molecule has 1 heterocycles. The van der Waals surface area contributed by atoms with E-state index in [9.17, 15) is 9.50 Å². The van der Waals surface area contributed by atoms with Crippen LogP contribution in [0.15, 0.2) is 53.1 Å². The van der Waals surface area contributed by atoms with Gasteiger partial charge < -0.3 is 9.63 Å². The van der Waals surface area contributed by atoms with Gasteiger partial charge in [0.1, 0.15) is 11.5 Å². The summed E-state index contributed by atoms with van der Waals surface area (Å²) in [6, 6.07) is 13.2. The molecule has 0 unspecified atom stereocenters. The lowest BCUT2D eigenvalue weighted by atomic mass is 10.0. The van der Waals surface area contributed by atoms with Crippen molar-refractivity contribution in [3.8, 4) is 22.6 Å². The summed E-state index contributed by atoms with van der Waals surface area (Å²) in [5.41, 5.74) is 1.77. The maximum Gasteiger partial charge on any atom is 0.173 e. The highest BCUT2D eigenvalue weighted by molar-refractivity contribution is 6.30. The smallest absolute Gasteiger partial charge is 0.173 e. The second-order valence-electron chi connectivity index (χ2n) is 4.48. The second-order valence-corrected chi connectivity index (χ2v) is 4.92. The van der Waals surface area contributed by atoms with Gasteiger partial charge in [-0.3, -0.25) is 0 Å². The van der Waals surface area contributed by atoms with Gasteiger partial charge in [0.15, 0.2) is 5.76 Å². The van der Waals surface area contributed by atoms with Gasteiger partial charge in [-0.05, 0) is 36.4 Å². The lowest BCUT2D eigenvalue weighted by Crippen LogP contribution is -1.91. The number of aromatic nitrogens is 1. The number of benzene rings is 2. The van der Waals surface area contributed by atoms with E-state index in [-0.39, 0.29) is 6.61 Å². The van der Waals surface area contributed by atoms with Crippen molar-refractivity contribution in [1.29, 1.82) is 0 Å². The summed E-state index contributed by atoms with van der Waals surface area (Å²) in [6.07, 6.45) is 0. The average molecular weight is 304 g/mol. The Morgan fingerprint density at radius 1 is 1.10 bits per heavy atom. The normalized spacial score (nSPS) is 10.8. The molecule has 106 valence electrons. The van der Waals surface area contributed by atoms with Crippen molar-refractivity contribution >= 4 is 11.6 Å². The fourth-order valence-electron chi connectivity index (χ4n) is 2.15. The van der Waals surface area contributed by atoms with Crippen LogP contribution >= 0.6 is 11.6 Å². The fourth-order valence-corrected chi connectivity index (χ4v) is 2.27. The van der Waals surface area contributed by atoms with Crippen LogP contribution in [-0.4, -0.2) is 10.3 Å². The Hall–Kier alpha value is -2.17. The van der Waals surface area contributed by atoms with E-state index in [0.29, 0.717) is 27.6 Å². The molecule has 1 N–H and O–H groups in total. The monoisotopic (exact) mass is 303 g/mol. The van der Waals surface area contributed by atoms with Gasteiger partial charge in [-0.1, -0.05) is 28.9 Å². The van der Waals surface area contributed by atoms with Gasteiger partial charge in [0.2, 0.25) is 0 Å². The highest BCUT2D eigenvalue weighted by Gasteiger charge is 2.20. The Kier molecular flexibility index (Phi) is 3.73. The maximum absolute atomic E-state index is 13.9. The molecule has 3 nitrogen and oxygen atoms in total. The molecular weight excluding hydrogens is 293 g/mol. The number of nitrogens with zero attached hydrogens (tertiary/aromatic N) is 1. The first-order valence-corrected chi connectivity index (χ1v) is 6.68. The number of rotatable bonds is 3. The van der Waals surface area contributed by atoms with Crippen molar-refractivity contribution < 1.29 is 14.0 Å². The van der Waals surface area contributed by atoms with Crippen LogP contribution < -0.4 is 0 Å². The third kappa shape index (κ3) is 2.55. The molecule has 0 spiro atoms. The minimum atomic E-state index is -0.414. The average Bonchev–Trinajstić information content (AvgIpc) is 2.92. The summed E-state index contributed by atoms with van der Waals surface area (Å²) in [7, 11) is 0. The largest absolute Gasteiger partial charge is 0.391 e. The zero-order chi connectivity index (χ0) is 14.8. The number of hydrogen-bond donors (Lipinski definition) is 1. The summed E-state index contributed by atoms with van der Waals surface area (Å²) in [5.74, 6) is -0.00410. The predicted molar refractivity (Wildman–Crippen MR) is 78.3 cm³/mol. The van der Waals surface area contributed by atoms with E-state index >= 15 is 0 Å². The Bertz CT molecular complexity index is 768. The van der Waals surface area contributed by atoms with Crippen LogP contribution in [0, 0.1) is 5.82 Å². The molecule has 0 bridgehead atoms. The first kappa shape index (κ1) is 13.8. The van der Waals surface area contributed by atoms with Crippen LogP contribution in [-0.2, 0) is 6.61 Å². The fraction of sp³-hybridized carbons (Fsp3) is 0.0625. The molecule has 0 saturated carbocycles. The minimum Gasteiger partial charge on any atom is -0.391 e. The van der Waals surface area contributed by atoms with E-state index in [1.165, 1.54) is 6.07 Å². The van der Waals surface area contributed by atoms with Crippen molar-refractivity contribution in [2.75, 3.05) is 0 Å². The summed E-state index contributed by atoms with van der Waals surface area (Å²) in [5, 5.41) is 14.1. The molecule has 0 aliphatic heterocycles. The zero-order valence-electron chi connectivity index (χ0n) is 10.9. The van der Waals surface area contributed by atoms with Gasteiger partial charge in [0.25, 0.3) is 0 Å². The molecule has 0 amide bonds. The van der Waals surface area contributed by atoms with Gasteiger partial charge in [-0.25, -0.2) is 4.39 Å². The molecule has 0 aliphatic rings. The Morgan fingerprint density at radius 2 is 1.81 bits per heavy atom. The van der Waals surface area contributed by atoms with Crippen LogP contribution in [0.5, 0.6) is 0 Å². The summed E-state index contributed by atoms with van der Waals surface area (Å²) in [4.78, 5) is 0. The van der Waals surface area contributed by atoms with Gasteiger partial charge in [-0.15, -0.1) is 0 Å². The predicted octanol–water partition coefficient (Wildman–Crippen LogP) is 4.29. The van der Waals surface area contributed by atoms with Crippen molar-refractivity contribution in [2.45, 2.75) is 6.61 Å². The number of hydrogen-bond acceptors (Lipinski definition) is 3. The Labute approximate surface area is 125 Å². The Morgan fingerprint density at radius 3 is 2.48 bits per heavy atom. The van der Waals surface area contributed by atoms with E-state index in [2.05, 4.69) is 5.16 Å². The van der Waals surface area contributed by atoms with Crippen LogP contribution in [0.1, 0.15) is 5.56 Å². The highest BCUT2D eigenvalue weighted by atomic mass is 35.5. The highest BCUT2D eigenvalue weighted by Crippen LogP contribution is 2.33. The van der Waals surface area contributed by atoms with Gasteiger partial charge in [0, 0.05) is 16.1 Å². The molecule has 0 aliphatic carbocycles. The number of aliphatic hydroxyl groups excluding tert-OH is 1. The van der Waals surface area contributed by atoms with Crippen LogP contribution in [0.3, 0.4) is 0 Å². The molecule has 5 heteroatoms. The van der Waals surface area contributed by atoms with Crippen molar-refractivity contribution in [3.05, 3.63) is 64.9 Å². The standard InChI is InChI=1S/C16H11ClFNO2/c17-11-7-5-10(6-8-11)16-13(9-20)15(19-21-16)12-3-1-2-4-14(12)18/h1-8,20H,9H2.